The first kappa shape index (κ1) is 13.5. The van der Waals surface area contributed by atoms with Crippen molar-refractivity contribution in [3.63, 3.8) is 0 Å². The van der Waals surface area contributed by atoms with E-state index in [1.54, 1.807) is 12.1 Å². The fourth-order valence-corrected chi connectivity index (χ4v) is 1.67. The van der Waals surface area contributed by atoms with Crippen molar-refractivity contribution >= 4 is 23.6 Å². The van der Waals surface area contributed by atoms with Gasteiger partial charge in [-0.05, 0) is 19.1 Å². The van der Waals surface area contributed by atoms with Crippen LogP contribution in [0.5, 0.6) is 0 Å². The van der Waals surface area contributed by atoms with Crippen LogP contribution in [0, 0.1) is 6.92 Å². The zero-order chi connectivity index (χ0) is 12.7. The van der Waals surface area contributed by atoms with Crippen LogP contribution in [0.4, 0.5) is 0 Å². The summed E-state index contributed by atoms with van der Waals surface area (Å²) in [6.07, 6.45) is 1.52. The van der Waals surface area contributed by atoms with Crippen LogP contribution in [0.3, 0.4) is 0 Å². The summed E-state index contributed by atoms with van der Waals surface area (Å²) in [6, 6.07) is 3.48. The van der Waals surface area contributed by atoms with Crippen molar-refractivity contribution in [2.24, 2.45) is 0 Å². The summed E-state index contributed by atoms with van der Waals surface area (Å²) in [5.74, 6) is -0.392. The third kappa shape index (κ3) is 5.35. The van der Waals surface area contributed by atoms with E-state index in [1.807, 2.05) is 6.92 Å². The minimum absolute atomic E-state index is 0.0575. The predicted molar refractivity (Wildman–Crippen MR) is 66.3 cm³/mol. The summed E-state index contributed by atoms with van der Waals surface area (Å²) in [6.45, 7) is 2.30. The monoisotopic (exact) mass is 254 g/mol. The molecule has 0 aromatic carbocycles. The first-order chi connectivity index (χ1) is 8.09. The lowest BCUT2D eigenvalue weighted by molar-refractivity contribution is -0.133. The highest BCUT2D eigenvalue weighted by molar-refractivity contribution is 7.99. The molecule has 0 fully saturated rings. The molecule has 92 valence electrons. The second kappa shape index (κ2) is 6.90. The lowest BCUT2D eigenvalue weighted by Gasteiger charge is -2.04. The van der Waals surface area contributed by atoms with Gasteiger partial charge in [0.25, 0.3) is 5.91 Å². The van der Waals surface area contributed by atoms with E-state index in [9.17, 15) is 9.59 Å². The Morgan fingerprint density at radius 1 is 1.47 bits per heavy atom. The van der Waals surface area contributed by atoms with Crippen molar-refractivity contribution in [3.8, 4) is 0 Å². The summed E-state index contributed by atoms with van der Waals surface area (Å²) < 4.78 is 0. The van der Waals surface area contributed by atoms with Crippen molar-refractivity contribution in [3.05, 3.63) is 29.6 Å². The second-order valence-corrected chi connectivity index (χ2v) is 4.50. The van der Waals surface area contributed by atoms with Crippen molar-refractivity contribution in [1.29, 1.82) is 0 Å². The van der Waals surface area contributed by atoms with E-state index in [0.717, 1.165) is 5.69 Å². The van der Waals surface area contributed by atoms with Crippen LogP contribution in [0.1, 0.15) is 16.1 Å². The highest BCUT2D eigenvalue weighted by atomic mass is 32.2. The molecule has 0 saturated carbocycles. The minimum Gasteiger partial charge on any atom is -0.481 e. The molecule has 6 heteroatoms. The molecular formula is C11H14N2O3S. The standard InChI is InChI=1S/C11H14N2O3S/c1-8-2-3-9(6-13-8)11(16)12-4-5-17-7-10(14)15/h2-3,6H,4-5,7H2,1H3,(H,12,16)(H,14,15). The average Bonchev–Trinajstić information content (AvgIpc) is 2.29. The van der Waals surface area contributed by atoms with Crippen LogP contribution in [-0.2, 0) is 4.79 Å². The van der Waals surface area contributed by atoms with Gasteiger partial charge in [0.1, 0.15) is 0 Å². The number of thioether (sulfide) groups is 1. The molecule has 1 aromatic rings. The highest BCUT2D eigenvalue weighted by Crippen LogP contribution is 2.00. The van der Waals surface area contributed by atoms with Gasteiger partial charge in [-0.25, -0.2) is 0 Å². The molecule has 0 radical (unpaired) electrons. The predicted octanol–water partition coefficient (Wildman–Crippen LogP) is 0.938. The van der Waals surface area contributed by atoms with Gasteiger partial charge in [0, 0.05) is 24.2 Å². The summed E-state index contributed by atoms with van der Waals surface area (Å²) in [5, 5.41) is 11.1. The summed E-state index contributed by atoms with van der Waals surface area (Å²) in [4.78, 5) is 25.8. The van der Waals surface area contributed by atoms with E-state index in [2.05, 4.69) is 10.3 Å². The maximum absolute atomic E-state index is 11.6. The molecule has 0 atom stereocenters. The number of hydrogen-bond donors (Lipinski definition) is 2. The van der Waals surface area contributed by atoms with Gasteiger partial charge >= 0.3 is 5.97 Å². The maximum Gasteiger partial charge on any atom is 0.313 e. The van der Waals surface area contributed by atoms with Gasteiger partial charge in [0.05, 0.1) is 11.3 Å². The Kier molecular flexibility index (Phi) is 5.48. The summed E-state index contributed by atoms with van der Waals surface area (Å²) >= 11 is 1.27. The Hall–Kier alpha value is -1.56. The largest absolute Gasteiger partial charge is 0.481 e. The van der Waals surface area contributed by atoms with Gasteiger partial charge in [-0.3, -0.25) is 14.6 Å². The van der Waals surface area contributed by atoms with Gasteiger partial charge in [-0.15, -0.1) is 11.8 Å². The number of pyridine rings is 1. The zero-order valence-electron chi connectivity index (χ0n) is 9.47. The molecular weight excluding hydrogens is 240 g/mol. The topological polar surface area (TPSA) is 79.3 Å². The zero-order valence-corrected chi connectivity index (χ0v) is 10.3. The van der Waals surface area contributed by atoms with Crippen molar-refractivity contribution in [1.82, 2.24) is 10.3 Å². The fourth-order valence-electron chi connectivity index (χ4n) is 1.10. The van der Waals surface area contributed by atoms with Crippen molar-refractivity contribution in [2.75, 3.05) is 18.1 Å². The average molecular weight is 254 g/mol. The number of aryl methyl sites for hydroxylation is 1. The molecule has 1 heterocycles. The lowest BCUT2D eigenvalue weighted by Crippen LogP contribution is -2.26. The Morgan fingerprint density at radius 2 is 2.24 bits per heavy atom. The first-order valence-electron chi connectivity index (χ1n) is 5.10. The summed E-state index contributed by atoms with van der Waals surface area (Å²) in [5.41, 5.74) is 1.37. The van der Waals surface area contributed by atoms with E-state index in [4.69, 9.17) is 5.11 Å². The molecule has 2 N–H and O–H groups in total. The number of rotatable bonds is 6. The van der Waals surface area contributed by atoms with Crippen molar-refractivity contribution in [2.45, 2.75) is 6.92 Å². The van der Waals surface area contributed by atoms with E-state index in [0.29, 0.717) is 17.9 Å². The molecule has 1 rings (SSSR count). The number of nitrogens with zero attached hydrogens (tertiary/aromatic N) is 1. The van der Waals surface area contributed by atoms with Gasteiger partial charge < -0.3 is 10.4 Å². The Balaban J connectivity index is 2.25. The van der Waals surface area contributed by atoms with Crippen LogP contribution in [0.2, 0.25) is 0 Å². The quantitative estimate of drug-likeness (QED) is 0.738. The molecule has 0 unspecified atom stereocenters. The second-order valence-electron chi connectivity index (χ2n) is 3.39. The van der Waals surface area contributed by atoms with Crippen LogP contribution >= 0.6 is 11.8 Å². The maximum atomic E-state index is 11.6. The van der Waals surface area contributed by atoms with Gasteiger partial charge in [-0.2, -0.15) is 0 Å². The van der Waals surface area contributed by atoms with Crippen molar-refractivity contribution < 1.29 is 14.7 Å². The molecule has 1 amide bonds. The van der Waals surface area contributed by atoms with Gasteiger partial charge in [0.15, 0.2) is 0 Å². The van der Waals surface area contributed by atoms with Crippen LogP contribution in [0.25, 0.3) is 0 Å². The number of carboxylic acids is 1. The normalized spacial score (nSPS) is 9.94. The molecule has 0 saturated heterocycles. The van der Waals surface area contributed by atoms with E-state index in [1.165, 1.54) is 18.0 Å². The molecule has 0 spiro atoms. The van der Waals surface area contributed by atoms with Crippen LogP contribution < -0.4 is 5.32 Å². The number of aromatic nitrogens is 1. The number of carbonyl (C=O) groups excluding carboxylic acids is 1. The minimum atomic E-state index is -0.843. The third-order valence-corrected chi connectivity index (χ3v) is 2.87. The lowest BCUT2D eigenvalue weighted by atomic mass is 10.2. The molecule has 1 aromatic heterocycles. The highest BCUT2D eigenvalue weighted by Gasteiger charge is 2.04. The van der Waals surface area contributed by atoms with Crippen LogP contribution in [0.15, 0.2) is 18.3 Å². The molecule has 0 aliphatic heterocycles. The Bertz CT molecular complexity index is 392. The van der Waals surface area contributed by atoms with Crippen LogP contribution in [-0.4, -0.2) is 40.0 Å². The molecule has 0 aliphatic carbocycles. The van der Waals surface area contributed by atoms with Gasteiger partial charge in [-0.1, -0.05) is 0 Å². The third-order valence-electron chi connectivity index (χ3n) is 1.93. The van der Waals surface area contributed by atoms with E-state index < -0.39 is 5.97 Å². The number of aliphatic carboxylic acids is 1. The van der Waals surface area contributed by atoms with E-state index >= 15 is 0 Å². The molecule has 17 heavy (non-hydrogen) atoms. The smallest absolute Gasteiger partial charge is 0.313 e. The molecule has 5 nitrogen and oxygen atoms in total. The fraction of sp³-hybridized carbons (Fsp3) is 0.364. The molecule has 0 bridgehead atoms. The SMILES string of the molecule is Cc1ccc(C(=O)NCCSCC(=O)O)cn1. The number of carboxylic acid groups (broad SMARTS) is 1. The van der Waals surface area contributed by atoms with E-state index in [-0.39, 0.29) is 11.7 Å². The summed E-state index contributed by atoms with van der Waals surface area (Å²) in [7, 11) is 0. The van der Waals surface area contributed by atoms with Gasteiger partial charge in [0.2, 0.25) is 0 Å². The number of nitrogens with one attached hydrogen (secondary N) is 1. The Morgan fingerprint density at radius 3 is 2.82 bits per heavy atom. The Labute approximate surface area is 104 Å². The molecule has 0 aliphatic rings. The number of amides is 1. The number of carbonyl (C=O) groups is 2. The first-order valence-corrected chi connectivity index (χ1v) is 6.25. The number of hydrogen-bond acceptors (Lipinski definition) is 4.